The van der Waals surface area contributed by atoms with Crippen molar-refractivity contribution in [2.24, 2.45) is 0 Å². The van der Waals surface area contributed by atoms with Gasteiger partial charge in [-0.25, -0.2) is 4.39 Å². The molecule has 3 aromatic carbocycles. The molecule has 0 amide bonds. The van der Waals surface area contributed by atoms with Crippen molar-refractivity contribution in [3.05, 3.63) is 95.3 Å². The molecule has 2 heteroatoms. The van der Waals surface area contributed by atoms with Crippen LogP contribution < -0.4 is 0 Å². The van der Waals surface area contributed by atoms with Crippen molar-refractivity contribution in [1.29, 1.82) is 5.41 Å². The van der Waals surface area contributed by atoms with Crippen LogP contribution >= 0.6 is 0 Å². The van der Waals surface area contributed by atoms with E-state index in [1.54, 1.807) is 6.07 Å². The summed E-state index contributed by atoms with van der Waals surface area (Å²) in [6, 6.07) is 22.2. The molecule has 0 aliphatic rings. The van der Waals surface area contributed by atoms with Gasteiger partial charge in [0, 0.05) is 11.1 Å². The first-order valence-electron chi connectivity index (χ1n) is 7.17. The highest BCUT2D eigenvalue weighted by molar-refractivity contribution is 6.14. The lowest BCUT2D eigenvalue weighted by atomic mass is 9.92. The van der Waals surface area contributed by atoms with E-state index in [0.717, 1.165) is 16.7 Å². The van der Waals surface area contributed by atoms with Gasteiger partial charge in [-0.15, -0.1) is 0 Å². The molecule has 3 aromatic rings. The van der Waals surface area contributed by atoms with E-state index in [-0.39, 0.29) is 11.5 Å². The average Bonchev–Trinajstić information content (AvgIpc) is 2.55. The predicted octanol–water partition coefficient (Wildman–Crippen LogP) is 5.22. The largest absolute Gasteiger partial charge is 0.300 e. The second-order valence-corrected chi connectivity index (χ2v) is 5.27. The van der Waals surface area contributed by atoms with E-state index in [0.29, 0.717) is 11.1 Å². The number of hydrogen-bond donors (Lipinski definition) is 1. The molecule has 0 unspecified atom stereocenters. The van der Waals surface area contributed by atoms with E-state index in [4.69, 9.17) is 5.41 Å². The smallest absolute Gasteiger partial charge is 0.133 e. The Labute approximate surface area is 129 Å². The van der Waals surface area contributed by atoms with Gasteiger partial charge in [0.1, 0.15) is 5.82 Å². The summed E-state index contributed by atoms with van der Waals surface area (Å²) in [5.41, 5.74) is 4.04. The monoisotopic (exact) mass is 289 g/mol. The highest BCUT2D eigenvalue weighted by Gasteiger charge is 2.16. The third-order valence-electron chi connectivity index (χ3n) is 3.69. The Morgan fingerprint density at radius 1 is 0.818 bits per heavy atom. The van der Waals surface area contributed by atoms with Gasteiger partial charge in [0.15, 0.2) is 0 Å². The number of hydrogen-bond acceptors (Lipinski definition) is 1. The van der Waals surface area contributed by atoms with Crippen LogP contribution in [0.25, 0.3) is 11.1 Å². The van der Waals surface area contributed by atoms with Crippen molar-refractivity contribution >= 4 is 5.71 Å². The molecule has 1 N–H and O–H groups in total. The molecule has 22 heavy (non-hydrogen) atoms. The fraction of sp³-hybridized carbons (Fsp3) is 0.0500. The summed E-state index contributed by atoms with van der Waals surface area (Å²) in [6.07, 6.45) is 0. The van der Waals surface area contributed by atoms with Crippen molar-refractivity contribution in [2.45, 2.75) is 6.92 Å². The molecule has 0 fully saturated rings. The summed E-state index contributed by atoms with van der Waals surface area (Å²) in [4.78, 5) is 0. The van der Waals surface area contributed by atoms with Crippen molar-refractivity contribution in [1.82, 2.24) is 0 Å². The molecule has 0 spiro atoms. The van der Waals surface area contributed by atoms with Gasteiger partial charge < -0.3 is 0 Å². The Morgan fingerprint density at radius 2 is 1.50 bits per heavy atom. The van der Waals surface area contributed by atoms with Crippen molar-refractivity contribution in [2.75, 3.05) is 0 Å². The molecule has 0 aliphatic heterocycles. The summed E-state index contributed by atoms with van der Waals surface area (Å²) in [5, 5.41) is 8.43. The van der Waals surface area contributed by atoms with Gasteiger partial charge >= 0.3 is 0 Å². The maximum absolute atomic E-state index is 14.4. The topological polar surface area (TPSA) is 23.9 Å². The fourth-order valence-corrected chi connectivity index (χ4v) is 2.50. The van der Waals surface area contributed by atoms with Gasteiger partial charge in [-0.1, -0.05) is 72.3 Å². The average molecular weight is 289 g/mol. The van der Waals surface area contributed by atoms with E-state index in [9.17, 15) is 4.39 Å². The van der Waals surface area contributed by atoms with E-state index < -0.39 is 0 Å². The Balaban J connectivity index is 2.14. The number of rotatable bonds is 3. The number of nitrogens with one attached hydrogen (secondary N) is 1. The Kier molecular flexibility index (Phi) is 3.84. The molecule has 0 bridgehead atoms. The number of aryl methyl sites for hydroxylation is 1. The zero-order valence-electron chi connectivity index (χ0n) is 12.3. The molecule has 108 valence electrons. The quantitative estimate of drug-likeness (QED) is 0.639. The van der Waals surface area contributed by atoms with Gasteiger partial charge in [-0.05, 0) is 24.1 Å². The third kappa shape index (κ3) is 2.68. The van der Waals surface area contributed by atoms with Crippen LogP contribution in [-0.4, -0.2) is 5.71 Å². The predicted molar refractivity (Wildman–Crippen MR) is 88.9 cm³/mol. The van der Waals surface area contributed by atoms with E-state index in [1.165, 1.54) is 6.07 Å². The summed E-state index contributed by atoms with van der Waals surface area (Å²) >= 11 is 0. The number of halogens is 1. The Bertz CT molecular complexity index is 805. The second kappa shape index (κ2) is 5.94. The summed E-state index contributed by atoms with van der Waals surface area (Å²) < 4.78 is 14.4. The maximum Gasteiger partial charge on any atom is 0.133 e. The van der Waals surface area contributed by atoms with Crippen LogP contribution in [0, 0.1) is 18.2 Å². The van der Waals surface area contributed by atoms with Crippen LogP contribution in [0.5, 0.6) is 0 Å². The molecule has 1 nitrogen and oxygen atoms in total. The van der Waals surface area contributed by atoms with Gasteiger partial charge in [0.05, 0.1) is 5.71 Å². The molecule has 0 aliphatic carbocycles. The van der Waals surface area contributed by atoms with Crippen LogP contribution in [0.2, 0.25) is 0 Å². The van der Waals surface area contributed by atoms with E-state index in [2.05, 4.69) is 0 Å². The zero-order chi connectivity index (χ0) is 15.5. The minimum absolute atomic E-state index is 0.206. The molecular weight excluding hydrogens is 273 g/mol. The van der Waals surface area contributed by atoms with Gasteiger partial charge in [-0.3, -0.25) is 5.41 Å². The highest BCUT2D eigenvalue weighted by atomic mass is 19.1. The molecule has 3 rings (SSSR count). The van der Waals surface area contributed by atoms with Gasteiger partial charge in [0.25, 0.3) is 0 Å². The van der Waals surface area contributed by atoms with Crippen LogP contribution in [0.3, 0.4) is 0 Å². The van der Waals surface area contributed by atoms with Crippen molar-refractivity contribution in [3.63, 3.8) is 0 Å². The molecule has 0 saturated heterocycles. The lowest BCUT2D eigenvalue weighted by molar-refractivity contribution is 0.626. The van der Waals surface area contributed by atoms with Crippen molar-refractivity contribution in [3.8, 4) is 11.1 Å². The molecule has 0 heterocycles. The lowest BCUT2D eigenvalue weighted by Crippen LogP contribution is -2.06. The molecule has 0 atom stereocenters. The van der Waals surface area contributed by atoms with Crippen LogP contribution in [-0.2, 0) is 0 Å². The first-order chi connectivity index (χ1) is 10.7. The summed E-state index contributed by atoms with van der Waals surface area (Å²) in [7, 11) is 0. The number of benzene rings is 3. The van der Waals surface area contributed by atoms with Crippen LogP contribution in [0.4, 0.5) is 4.39 Å². The minimum atomic E-state index is -0.369. The highest BCUT2D eigenvalue weighted by Crippen LogP contribution is 2.27. The zero-order valence-corrected chi connectivity index (χ0v) is 12.3. The van der Waals surface area contributed by atoms with Crippen molar-refractivity contribution < 1.29 is 4.39 Å². The molecule has 0 radical (unpaired) electrons. The molecule has 0 saturated carbocycles. The summed E-state index contributed by atoms with van der Waals surface area (Å²) in [5.74, 6) is -0.369. The Hall–Kier alpha value is -2.74. The maximum atomic E-state index is 14.4. The fourth-order valence-electron chi connectivity index (χ4n) is 2.50. The van der Waals surface area contributed by atoms with Gasteiger partial charge in [-0.2, -0.15) is 0 Å². The third-order valence-corrected chi connectivity index (χ3v) is 3.69. The standard InChI is InChI=1S/C20H16FN/c1-14-10-12-16(13-11-14)20(22)19-17(8-5-9-18(19)21)15-6-3-2-4-7-15/h2-13,22H,1H3. The van der Waals surface area contributed by atoms with Gasteiger partial charge in [0.2, 0.25) is 0 Å². The SMILES string of the molecule is Cc1ccc(C(=N)c2c(F)cccc2-c2ccccc2)cc1. The molecular formula is C20H16FN. The normalized spacial score (nSPS) is 10.5. The molecule has 0 aromatic heterocycles. The van der Waals surface area contributed by atoms with E-state index in [1.807, 2.05) is 67.6 Å². The second-order valence-electron chi connectivity index (χ2n) is 5.27. The van der Waals surface area contributed by atoms with Crippen LogP contribution in [0.1, 0.15) is 16.7 Å². The lowest BCUT2D eigenvalue weighted by Gasteiger charge is -2.12. The first kappa shape index (κ1) is 14.2. The van der Waals surface area contributed by atoms with E-state index >= 15 is 0 Å². The summed E-state index contributed by atoms with van der Waals surface area (Å²) in [6.45, 7) is 1.99. The Morgan fingerprint density at radius 3 is 2.18 bits per heavy atom. The first-order valence-corrected chi connectivity index (χ1v) is 7.17. The van der Waals surface area contributed by atoms with Crippen LogP contribution in [0.15, 0.2) is 72.8 Å². The minimum Gasteiger partial charge on any atom is -0.300 e.